The van der Waals surface area contributed by atoms with Gasteiger partial charge in [0, 0.05) is 28.9 Å². The highest BCUT2D eigenvalue weighted by atomic mass is 35.5. The molecule has 1 N–H and O–H groups in total. The van der Waals surface area contributed by atoms with E-state index in [2.05, 4.69) is 4.72 Å². The molecule has 20 heavy (non-hydrogen) atoms. The van der Waals surface area contributed by atoms with Crippen molar-refractivity contribution in [2.45, 2.75) is 24.3 Å². The van der Waals surface area contributed by atoms with Gasteiger partial charge in [-0.2, -0.15) is 0 Å². The van der Waals surface area contributed by atoms with Gasteiger partial charge in [0.2, 0.25) is 10.0 Å². The lowest BCUT2D eigenvalue weighted by Crippen LogP contribution is -2.28. The first-order valence-corrected chi connectivity index (χ1v) is 9.60. The minimum Gasteiger partial charge on any atom is -0.260 e. The molecule has 0 amide bonds. The third kappa shape index (κ3) is 5.87. The van der Waals surface area contributed by atoms with Crippen molar-refractivity contribution in [1.82, 2.24) is 4.72 Å². The van der Waals surface area contributed by atoms with Gasteiger partial charge in [-0.15, -0.1) is 0 Å². The van der Waals surface area contributed by atoms with E-state index >= 15 is 0 Å². The molecule has 0 aliphatic rings. The molecule has 0 radical (unpaired) electrons. The van der Waals surface area contributed by atoms with Crippen molar-refractivity contribution < 1.29 is 17.0 Å². The zero-order chi connectivity index (χ0) is 15.3. The Labute approximate surface area is 126 Å². The second kappa shape index (κ2) is 7.49. The zero-order valence-electron chi connectivity index (χ0n) is 11.2. The van der Waals surface area contributed by atoms with Crippen molar-refractivity contribution in [3.8, 4) is 0 Å². The molecule has 1 rings (SSSR count). The summed E-state index contributed by atoms with van der Waals surface area (Å²) < 4.78 is 50.2. The maximum Gasteiger partial charge on any atom is 0.215 e. The van der Waals surface area contributed by atoms with E-state index in [9.17, 15) is 17.0 Å². The van der Waals surface area contributed by atoms with Crippen LogP contribution in [0.1, 0.15) is 18.9 Å². The topological polar surface area (TPSA) is 63.2 Å². The molecule has 4 nitrogen and oxygen atoms in total. The Morgan fingerprint density at radius 3 is 2.65 bits per heavy atom. The summed E-state index contributed by atoms with van der Waals surface area (Å²) in [5, 5.41) is -0.175. The zero-order valence-corrected chi connectivity index (χ0v) is 13.6. The van der Waals surface area contributed by atoms with Gasteiger partial charge in [-0.05, 0) is 24.1 Å². The van der Waals surface area contributed by atoms with Crippen molar-refractivity contribution in [3.05, 3.63) is 34.6 Å². The van der Waals surface area contributed by atoms with Gasteiger partial charge < -0.3 is 0 Å². The molecule has 0 aromatic heterocycles. The smallest absolute Gasteiger partial charge is 0.215 e. The first-order valence-electron chi connectivity index (χ1n) is 5.95. The molecule has 0 unspecified atom stereocenters. The van der Waals surface area contributed by atoms with Crippen molar-refractivity contribution in [1.29, 1.82) is 0 Å². The number of benzene rings is 1. The molecule has 0 spiro atoms. The molecular weight excluding hydrogens is 325 g/mol. The van der Waals surface area contributed by atoms with E-state index in [1.165, 1.54) is 12.1 Å². The van der Waals surface area contributed by atoms with E-state index in [1.54, 1.807) is 13.2 Å². The summed E-state index contributed by atoms with van der Waals surface area (Å²) in [7, 11) is -4.49. The summed E-state index contributed by atoms with van der Waals surface area (Å²) in [5.41, 5.74) is 0.413. The first kappa shape index (κ1) is 17.6. The summed E-state index contributed by atoms with van der Waals surface area (Å²) in [6.07, 6.45) is 2.08. The number of halogens is 2. The van der Waals surface area contributed by atoms with E-state index in [1.807, 2.05) is 0 Å². The molecule has 1 aromatic carbocycles. The monoisotopic (exact) mass is 341 g/mol. The fraction of sp³-hybridized carbons (Fsp3) is 0.500. The highest BCUT2D eigenvalue weighted by molar-refractivity contribution is 7.88. The Kier molecular flexibility index (Phi) is 6.57. The van der Waals surface area contributed by atoms with Crippen LogP contribution >= 0.6 is 11.6 Å². The van der Waals surface area contributed by atoms with Crippen LogP contribution in [-0.4, -0.2) is 30.7 Å². The van der Waals surface area contributed by atoms with Crippen LogP contribution in [0.25, 0.3) is 0 Å². The Morgan fingerprint density at radius 2 is 2.10 bits per heavy atom. The van der Waals surface area contributed by atoms with Gasteiger partial charge >= 0.3 is 0 Å². The average Bonchev–Trinajstić information content (AvgIpc) is 2.33. The van der Waals surface area contributed by atoms with Crippen LogP contribution in [0.4, 0.5) is 4.39 Å². The number of sulfonamides is 1. The van der Waals surface area contributed by atoms with Crippen LogP contribution in [0.2, 0.25) is 5.02 Å². The van der Waals surface area contributed by atoms with Crippen molar-refractivity contribution >= 4 is 32.4 Å². The molecule has 0 saturated carbocycles. The van der Waals surface area contributed by atoms with E-state index in [0.717, 1.165) is 6.07 Å². The summed E-state index contributed by atoms with van der Waals surface area (Å²) in [5.74, 6) is -0.851. The third-order valence-corrected chi connectivity index (χ3v) is 5.80. The van der Waals surface area contributed by atoms with Crippen LogP contribution in [0, 0.1) is 5.82 Å². The molecule has 0 fully saturated rings. The standard InChI is InChI=1S/C12H17ClFNO3S2/c1-9(19(2)16)5-6-15-20(17,18)8-10-3-4-12(14)11(13)7-10/h3-4,7,9,15H,5-6,8H2,1-2H3/t9-,19+/m0/s1. The SMILES string of the molecule is C[C@@H](CCNS(=O)(=O)Cc1ccc(F)c(Cl)c1)[S@@](C)=O. The fourth-order valence-electron chi connectivity index (χ4n) is 1.48. The lowest BCUT2D eigenvalue weighted by atomic mass is 10.2. The Balaban J connectivity index is 2.57. The maximum atomic E-state index is 13.0. The summed E-state index contributed by atoms with van der Waals surface area (Å²) >= 11 is 5.60. The minimum absolute atomic E-state index is 0.0713. The predicted molar refractivity (Wildman–Crippen MR) is 80.2 cm³/mol. The largest absolute Gasteiger partial charge is 0.260 e. The molecule has 2 atom stereocenters. The van der Waals surface area contributed by atoms with Gasteiger partial charge in [-0.1, -0.05) is 24.6 Å². The van der Waals surface area contributed by atoms with Crippen molar-refractivity contribution in [3.63, 3.8) is 0 Å². The minimum atomic E-state index is -3.52. The van der Waals surface area contributed by atoms with Crippen LogP contribution in [0.15, 0.2) is 18.2 Å². The third-order valence-electron chi connectivity index (χ3n) is 2.78. The van der Waals surface area contributed by atoms with E-state index in [0.29, 0.717) is 12.0 Å². The first-order chi connectivity index (χ1) is 9.21. The van der Waals surface area contributed by atoms with Gasteiger partial charge in [0.05, 0.1) is 10.8 Å². The quantitative estimate of drug-likeness (QED) is 0.825. The predicted octanol–water partition coefficient (Wildman–Crippen LogP) is 2.06. The number of nitrogens with one attached hydrogen (secondary N) is 1. The van der Waals surface area contributed by atoms with Crippen molar-refractivity contribution in [2.24, 2.45) is 0 Å². The summed E-state index contributed by atoms with van der Waals surface area (Å²) in [6.45, 7) is 2.02. The molecule has 8 heteroatoms. The van der Waals surface area contributed by atoms with Crippen LogP contribution in [-0.2, 0) is 26.6 Å². The second-order valence-electron chi connectivity index (χ2n) is 4.50. The van der Waals surface area contributed by atoms with Gasteiger partial charge in [-0.25, -0.2) is 17.5 Å². The molecule has 0 aliphatic carbocycles. The Morgan fingerprint density at radius 1 is 1.45 bits per heavy atom. The van der Waals surface area contributed by atoms with Crippen LogP contribution < -0.4 is 4.72 Å². The average molecular weight is 342 g/mol. The Bertz CT molecular complexity index is 592. The highest BCUT2D eigenvalue weighted by Crippen LogP contribution is 2.17. The lowest BCUT2D eigenvalue weighted by molar-refractivity contribution is 0.576. The molecule has 0 bridgehead atoms. The fourth-order valence-corrected chi connectivity index (χ4v) is 3.29. The molecular formula is C12H17ClFNO3S2. The van der Waals surface area contributed by atoms with Crippen molar-refractivity contribution in [2.75, 3.05) is 12.8 Å². The van der Waals surface area contributed by atoms with Gasteiger partial charge in [0.1, 0.15) is 5.82 Å². The van der Waals surface area contributed by atoms with E-state index in [-0.39, 0.29) is 22.6 Å². The number of hydrogen-bond acceptors (Lipinski definition) is 3. The molecule has 0 saturated heterocycles. The number of rotatable bonds is 7. The van der Waals surface area contributed by atoms with E-state index in [4.69, 9.17) is 11.6 Å². The van der Waals surface area contributed by atoms with E-state index < -0.39 is 26.6 Å². The lowest BCUT2D eigenvalue weighted by Gasteiger charge is -2.10. The number of hydrogen-bond donors (Lipinski definition) is 1. The highest BCUT2D eigenvalue weighted by Gasteiger charge is 2.14. The van der Waals surface area contributed by atoms with Gasteiger partial charge in [-0.3, -0.25) is 4.21 Å². The molecule has 1 aromatic rings. The van der Waals surface area contributed by atoms with Gasteiger partial charge in [0.25, 0.3) is 0 Å². The molecule has 0 heterocycles. The maximum absolute atomic E-state index is 13.0. The molecule has 0 aliphatic heterocycles. The summed E-state index contributed by atoms with van der Waals surface area (Å²) in [6, 6.07) is 3.81. The van der Waals surface area contributed by atoms with Crippen LogP contribution in [0.5, 0.6) is 0 Å². The summed E-state index contributed by atoms with van der Waals surface area (Å²) in [4.78, 5) is 0. The second-order valence-corrected chi connectivity index (χ2v) is 8.52. The Hall–Kier alpha value is -0.500. The molecule has 114 valence electrons. The normalized spacial score (nSPS) is 15.0. The van der Waals surface area contributed by atoms with Gasteiger partial charge in [0.15, 0.2) is 0 Å². The van der Waals surface area contributed by atoms with Crippen LogP contribution in [0.3, 0.4) is 0 Å².